The van der Waals surface area contributed by atoms with Crippen LogP contribution in [0, 0.1) is 5.82 Å². The molecular formula is C23H27FN4O2. The Morgan fingerprint density at radius 3 is 2.70 bits per heavy atom. The number of pyridine rings is 1. The highest BCUT2D eigenvalue weighted by atomic mass is 19.1. The van der Waals surface area contributed by atoms with Crippen molar-refractivity contribution in [3.63, 3.8) is 0 Å². The van der Waals surface area contributed by atoms with Gasteiger partial charge in [-0.15, -0.1) is 0 Å². The number of piperidine rings is 1. The summed E-state index contributed by atoms with van der Waals surface area (Å²) in [5.74, 6) is 0.716. The molecule has 1 aliphatic heterocycles. The number of benzene rings is 1. The van der Waals surface area contributed by atoms with Crippen molar-refractivity contribution in [1.82, 2.24) is 19.8 Å². The number of halogens is 1. The number of H-pyrrole nitrogens is 1. The van der Waals surface area contributed by atoms with Gasteiger partial charge in [-0.3, -0.25) is 9.69 Å². The molecule has 30 heavy (non-hydrogen) atoms. The number of ether oxygens (including phenoxy) is 1. The van der Waals surface area contributed by atoms with Gasteiger partial charge in [0, 0.05) is 48.9 Å². The lowest BCUT2D eigenvalue weighted by Gasteiger charge is -2.31. The normalized spacial score (nSPS) is 15.5. The topological polar surface area (TPSA) is 61.5 Å². The van der Waals surface area contributed by atoms with Crippen LogP contribution in [0.25, 0.3) is 22.2 Å². The lowest BCUT2D eigenvalue weighted by Crippen LogP contribution is -2.40. The van der Waals surface area contributed by atoms with Gasteiger partial charge < -0.3 is 14.6 Å². The van der Waals surface area contributed by atoms with Gasteiger partial charge in [-0.05, 0) is 55.8 Å². The van der Waals surface area contributed by atoms with Crippen LogP contribution in [0.5, 0.6) is 5.75 Å². The molecule has 0 saturated carbocycles. The van der Waals surface area contributed by atoms with Crippen molar-refractivity contribution < 1.29 is 13.9 Å². The summed E-state index contributed by atoms with van der Waals surface area (Å²) < 4.78 is 19.0. The summed E-state index contributed by atoms with van der Waals surface area (Å²) in [6.45, 7) is 2.26. The summed E-state index contributed by atoms with van der Waals surface area (Å²) in [5, 5.41) is 1.00. The molecule has 0 atom stereocenters. The molecule has 0 radical (unpaired) electrons. The molecule has 158 valence electrons. The zero-order valence-electron chi connectivity index (χ0n) is 17.6. The third-order valence-electron chi connectivity index (χ3n) is 5.89. The first-order chi connectivity index (χ1) is 14.5. The van der Waals surface area contributed by atoms with Crippen LogP contribution in [0.3, 0.4) is 0 Å². The average molecular weight is 410 g/mol. The molecule has 2 aromatic heterocycles. The Morgan fingerprint density at radius 1 is 1.23 bits per heavy atom. The number of carbonyl (C=O) groups is 1. The number of hydrogen-bond acceptors (Lipinski definition) is 4. The SMILES string of the molecule is COc1cc(F)ccc1-c1ccnc2[nH]c(C3CCN(CC(=O)N(C)C)CC3)cc12. The number of methoxy groups -OCH3 is 1. The van der Waals surface area contributed by atoms with Crippen LogP contribution < -0.4 is 4.74 Å². The first-order valence-corrected chi connectivity index (χ1v) is 10.2. The molecule has 1 fully saturated rings. The standard InChI is InChI=1S/C23H27FN4O2/c1-27(2)22(29)14-28-10-7-15(8-11-28)20-13-19-17(6-9-25-23(19)26-20)18-5-4-16(24)12-21(18)30-3/h4-6,9,12-13,15H,7-8,10-11,14H2,1-3H3,(H,25,26). The van der Waals surface area contributed by atoms with Crippen molar-refractivity contribution in [1.29, 1.82) is 0 Å². The van der Waals surface area contributed by atoms with Crippen LogP contribution in [-0.4, -0.2) is 66.5 Å². The highest BCUT2D eigenvalue weighted by Gasteiger charge is 2.24. The highest BCUT2D eigenvalue weighted by molar-refractivity contribution is 5.95. The predicted molar refractivity (Wildman–Crippen MR) is 115 cm³/mol. The minimum atomic E-state index is -0.324. The Balaban J connectivity index is 1.57. The molecule has 1 aromatic carbocycles. The molecule has 6 nitrogen and oxygen atoms in total. The minimum Gasteiger partial charge on any atom is -0.496 e. The summed E-state index contributed by atoms with van der Waals surface area (Å²) in [6, 6.07) is 8.69. The fourth-order valence-electron chi connectivity index (χ4n) is 4.12. The fraction of sp³-hybridized carbons (Fsp3) is 0.391. The van der Waals surface area contributed by atoms with E-state index in [9.17, 15) is 9.18 Å². The van der Waals surface area contributed by atoms with E-state index in [0.717, 1.165) is 53.8 Å². The number of fused-ring (bicyclic) bond motifs is 1. The van der Waals surface area contributed by atoms with E-state index in [1.807, 2.05) is 6.07 Å². The Morgan fingerprint density at radius 2 is 2.00 bits per heavy atom. The van der Waals surface area contributed by atoms with Gasteiger partial charge in [-0.1, -0.05) is 0 Å². The summed E-state index contributed by atoms with van der Waals surface area (Å²) in [5.41, 5.74) is 3.78. The first kappa shape index (κ1) is 20.3. The van der Waals surface area contributed by atoms with Crippen LogP contribution in [0.15, 0.2) is 36.5 Å². The Bertz CT molecular complexity index is 1050. The number of aromatic nitrogens is 2. The molecule has 4 rings (SSSR count). The van der Waals surface area contributed by atoms with Crippen LogP contribution in [0.4, 0.5) is 4.39 Å². The molecule has 3 heterocycles. The van der Waals surface area contributed by atoms with Crippen molar-refractivity contribution in [3.8, 4) is 16.9 Å². The van der Waals surface area contributed by atoms with Crippen LogP contribution in [0.2, 0.25) is 0 Å². The van der Waals surface area contributed by atoms with Gasteiger partial charge in [0.2, 0.25) is 5.91 Å². The number of carbonyl (C=O) groups excluding carboxylic acids is 1. The molecule has 1 saturated heterocycles. The number of nitrogens with one attached hydrogen (secondary N) is 1. The van der Waals surface area contributed by atoms with Crippen LogP contribution >= 0.6 is 0 Å². The molecule has 0 unspecified atom stereocenters. The van der Waals surface area contributed by atoms with Gasteiger partial charge in [-0.2, -0.15) is 0 Å². The van der Waals surface area contributed by atoms with E-state index in [-0.39, 0.29) is 11.7 Å². The van der Waals surface area contributed by atoms with Crippen molar-refractivity contribution in [3.05, 3.63) is 48.0 Å². The largest absolute Gasteiger partial charge is 0.496 e. The number of aromatic amines is 1. The molecule has 0 spiro atoms. The van der Waals surface area contributed by atoms with Gasteiger partial charge in [0.05, 0.1) is 13.7 Å². The van der Waals surface area contributed by atoms with E-state index in [0.29, 0.717) is 18.2 Å². The van der Waals surface area contributed by atoms with Crippen molar-refractivity contribution in [2.24, 2.45) is 0 Å². The van der Waals surface area contributed by atoms with Crippen molar-refractivity contribution >= 4 is 16.9 Å². The zero-order chi connectivity index (χ0) is 21.3. The second-order valence-electron chi connectivity index (χ2n) is 8.03. The monoisotopic (exact) mass is 410 g/mol. The van der Waals surface area contributed by atoms with Crippen LogP contribution in [-0.2, 0) is 4.79 Å². The van der Waals surface area contributed by atoms with Gasteiger partial charge >= 0.3 is 0 Å². The number of amides is 1. The lowest BCUT2D eigenvalue weighted by molar-refractivity contribution is -0.130. The molecule has 3 aromatic rings. The third-order valence-corrected chi connectivity index (χ3v) is 5.89. The number of hydrogen-bond donors (Lipinski definition) is 1. The molecule has 0 aliphatic carbocycles. The summed E-state index contributed by atoms with van der Waals surface area (Å²) in [6.07, 6.45) is 3.74. The second-order valence-corrected chi connectivity index (χ2v) is 8.03. The lowest BCUT2D eigenvalue weighted by atomic mass is 9.93. The van der Waals surface area contributed by atoms with E-state index in [2.05, 4.69) is 20.9 Å². The Labute approximate surface area is 175 Å². The molecule has 1 aliphatic rings. The van der Waals surface area contributed by atoms with E-state index in [4.69, 9.17) is 4.74 Å². The summed E-state index contributed by atoms with van der Waals surface area (Å²) in [4.78, 5) is 23.8. The zero-order valence-corrected chi connectivity index (χ0v) is 17.6. The number of nitrogens with zero attached hydrogens (tertiary/aromatic N) is 3. The first-order valence-electron chi connectivity index (χ1n) is 10.2. The maximum absolute atomic E-state index is 13.6. The molecule has 1 amide bonds. The van der Waals surface area contributed by atoms with Crippen molar-refractivity contribution in [2.45, 2.75) is 18.8 Å². The molecule has 0 bridgehead atoms. The van der Waals surface area contributed by atoms with Crippen molar-refractivity contribution in [2.75, 3.05) is 40.8 Å². The number of rotatable bonds is 5. The second kappa shape index (κ2) is 8.44. The van der Waals surface area contributed by atoms with E-state index in [1.165, 1.54) is 12.1 Å². The van der Waals surface area contributed by atoms with Crippen LogP contribution in [0.1, 0.15) is 24.5 Å². The maximum Gasteiger partial charge on any atom is 0.236 e. The Kier molecular flexibility index (Phi) is 5.72. The fourth-order valence-corrected chi connectivity index (χ4v) is 4.12. The number of likely N-dealkylation sites (N-methyl/N-ethyl adjacent to an activating group) is 1. The van der Waals surface area contributed by atoms with Gasteiger partial charge in [0.15, 0.2) is 0 Å². The van der Waals surface area contributed by atoms with E-state index < -0.39 is 0 Å². The predicted octanol–water partition coefficient (Wildman–Crippen LogP) is 3.65. The number of likely N-dealkylation sites (tertiary alicyclic amines) is 1. The van der Waals surface area contributed by atoms with Gasteiger partial charge in [0.25, 0.3) is 0 Å². The minimum absolute atomic E-state index is 0.140. The summed E-state index contributed by atoms with van der Waals surface area (Å²) >= 11 is 0. The van der Waals surface area contributed by atoms with Gasteiger partial charge in [0.1, 0.15) is 17.2 Å². The maximum atomic E-state index is 13.6. The Hall–Kier alpha value is -2.93. The third kappa shape index (κ3) is 4.03. The molecule has 7 heteroatoms. The summed E-state index contributed by atoms with van der Waals surface area (Å²) in [7, 11) is 5.13. The smallest absolute Gasteiger partial charge is 0.236 e. The highest BCUT2D eigenvalue weighted by Crippen LogP contribution is 2.37. The van der Waals surface area contributed by atoms with Gasteiger partial charge in [-0.25, -0.2) is 9.37 Å². The van der Waals surface area contributed by atoms with E-state index in [1.54, 1.807) is 38.4 Å². The molecular weight excluding hydrogens is 383 g/mol. The average Bonchev–Trinajstić information content (AvgIpc) is 3.18. The van der Waals surface area contributed by atoms with E-state index >= 15 is 0 Å². The quantitative estimate of drug-likeness (QED) is 0.698. The molecule has 1 N–H and O–H groups in total.